The van der Waals surface area contributed by atoms with Crippen molar-refractivity contribution in [1.82, 2.24) is 20.1 Å². The first-order valence-corrected chi connectivity index (χ1v) is 13.3. The van der Waals surface area contributed by atoms with Gasteiger partial charge in [0.2, 0.25) is 17.8 Å². The Hall–Kier alpha value is -4.54. The topological polar surface area (TPSA) is 153 Å². The lowest BCUT2D eigenvalue weighted by molar-refractivity contribution is -0.147. The molecule has 212 valence electrons. The molecule has 11 nitrogen and oxygen atoms in total. The lowest BCUT2D eigenvalue weighted by Crippen LogP contribution is -2.41. The van der Waals surface area contributed by atoms with Crippen LogP contribution in [0.3, 0.4) is 0 Å². The summed E-state index contributed by atoms with van der Waals surface area (Å²) in [7, 11) is 0. The number of amides is 2. The van der Waals surface area contributed by atoms with Gasteiger partial charge in [0.25, 0.3) is 0 Å². The maximum Gasteiger partial charge on any atom is 0.336 e. The molecule has 0 aliphatic carbocycles. The minimum atomic E-state index is -0.982. The summed E-state index contributed by atoms with van der Waals surface area (Å²) in [5, 5.41) is 19.2. The molecular formula is C29H35N5O6. The summed E-state index contributed by atoms with van der Waals surface area (Å²) in [6, 6.07) is 13.5. The number of nitrogens with zero attached hydrogens (tertiary/aromatic N) is 3. The zero-order valence-electron chi connectivity index (χ0n) is 23.0. The molecule has 0 fully saturated rings. The SMILES string of the molecule is CCCCc1nc(NC(=O)CCC(NC(C)=O)C(=O)OCC)nn1Cc1ccc(-c2ccccc2C(=O)O)cc1. The molecular weight excluding hydrogens is 514 g/mol. The van der Waals surface area contributed by atoms with Crippen LogP contribution in [0.2, 0.25) is 0 Å². The molecule has 2 amide bonds. The van der Waals surface area contributed by atoms with E-state index >= 15 is 0 Å². The number of carboxylic acids is 1. The van der Waals surface area contributed by atoms with Gasteiger partial charge >= 0.3 is 11.9 Å². The van der Waals surface area contributed by atoms with E-state index < -0.39 is 23.9 Å². The van der Waals surface area contributed by atoms with Gasteiger partial charge in [-0.25, -0.2) is 14.3 Å². The molecule has 0 aliphatic heterocycles. The Morgan fingerprint density at radius 2 is 1.77 bits per heavy atom. The third-order valence-corrected chi connectivity index (χ3v) is 6.12. The highest BCUT2D eigenvalue weighted by Gasteiger charge is 2.22. The highest BCUT2D eigenvalue weighted by Crippen LogP contribution is 2.24. The van der Waals surface area contributed by atoms with Crippen LogP contribution in [0.5, 0.6) is 0 Å². The van der Waals surface area contributed by atoms with Gasteiger partial charge in [-0.05, 0) is 42.5 Å². The summed E-state index contributed by atoms with van der Waals surface area (Å²) in [5.41, 5.74) is 2.60. The number of hydrogen-bond donors (Lipinski definition) is 3. The lowest BCUT2D eigenvalue weighted by atomic mass is 9.99. The molecule has 3 N–H and O–H groups in total. The molecule has 0 radical (unpaired) electrons. The molecule has 0 bridgehead atoms. The number of esters is 1. The third kappa shape index (κ3) is 8.48. The summed E-state index contributed by atoms with van der Waals surface area (Å²) in [5.74, 6) is -1.47. The van der Waals surface area contributed by atoms with Crippen LogP contribution in [0.4, 0.5) is 5.95 Å². The summed E-state index contributed by atoms with van der Waals surface area (Å²) in [6.07, 6.45) is 2.57. The molecule has 3 aromatic rings. The van der Waals surface area contributed by atoms with Crippen molar-refractivity contribution in [1.29, 1.82) is 0 Å². The molecule has 0 spiro atoms. The van der Waals surface area contributed by atoms with E-state index in [1.165, 1.54) is 6.92 Å². The predicted octanol–water partition coefficient (Wildman–Crippen LogP) is 3.82. The Bertz CT molecular complexity index is 1330. The Morgan fingerprint density at radius 3 is 2.42 bits per heavy atom. The molecule has 1 atom stereocenters. The molecule has 0 aliphatic rings. The van der Waals surface area contributed by atoms with Gasteiger partial charge in [-0.2, -0.15) is 4.98 Å². The number of rotatable bonds is 14. The Balaban J connectivity index is 1.71. The molecule has 3 rings (SSSR count). The fourth-order valence-corrected chi connectivity index (χ4v) is 4.16. The minimum Gasteiger partial charge on any atom is -0.478 e. The van der Waals surface area contributed by atoms with Crippen molar-refractivity contribution >= 4 is 29.7 Å². The van der Waals surface area contributed by atoms with Crippen LogP contribution in [0, 0.1) is 0 Å². The number of carboxylic acid groups (broad SMARTS) is 1. The first-order chi connectivity index (χ1) is 19.2. The number of ether oxygens (including phenoxy) is 1. The smallest absolute Gasteiger partial charge is 0.336 e. The van der Waals surface area contributed by atoms with E-state index in [4.69, 9.17) is 4.74 Å². The standard InChI is InChI=1S/C29H35N5O6/c1-4-6-11-25-31-29(32-26(36)17-16-24(30-19(3)35)28(39)40-5-2)33-34(25)18-20-12-14-21(15-13-20)22-9-7-8-10-23(22)27(37)38/h7-10,12-15,24H,4-6,11,16-18H2,1-3H3,(H,30,35)(H,37,38)(H,32,33,36). The summed E-state index contributed by atoms with van der Waals surface area (Å²) >= 11 is 0. The molecule has 1 heterocycles. The highest BCUT2D eigenvalue weighted by atomic mass is 16.5. The molecule has 2 aromatic carbocycles. The van der Waals surface area contributed by atoms with Crippen molar-refractivity contribution in [3.8, 4) is 11.1 Å². The summed E-state index contributed by atoms with van der Waals surface area (Å²) in [4.78, 5) is 52.3. The Kier molecular flexibility index (Phi) is 10.9. The number of nitrogens with one attached hydrogen (secondary N) is 2. The second-order valence-electron chi connectivity index (χ2n) is 9.25. The minimum absolute atomic E-state index is 0.0398. The Labute approximate surface area is 233 Å². The van der Waals surface area contributed by atoms with E-state index in [0.717, 1.165) is 29.8 Å². The van der Waals surface area contributed by atoms with E-state index in [2.05, 4.69) is 27.6 Å². The quantitative estimate of drug-likeness (QED) is 0.257. The Morgan fingerprint density at radius 1 is 1.05 bits per heavy atom. The van der Waals surface area contributed by atoms with Gasteiger partial charge in [0, 0.05) is 19.8 Å². The average Bonchev–Trinajstić information content (AvgIpc) is 3.30. The van der Waals surface area contributed by atoms with Gasteiger partial charge in [0.05, 0.1) is 18.7 Å². The maximum absolute atomic E-state index is 12.6. The zero-order chi connectivity index (χ0) is 29.1. The summed E-state index contributed by atoms with van der Waals surface area (Å²) < 4.78 is 6.72. The van der Waals surface area contributed by atoms with E-state index in [1.807, 2.05) is 24.3 Å². The molecule has 40 heavy (non-hydrogen) atoms. The average molecular weight is 550 g/mol. The van der Waals surface area contributed by atoms with Crippen LogP contribution in [-0.4, -0.2) is 56.3 Å². The number of anilines is 1. The van der Waals surface area contributed by atoms with Crippen LogP contribution in [0.25, 0.3) is 11.1 Å². The number of aromatic carboxylic acids is 1. The lowest BCUT2D eigenvalue weighted by Gasteiger charge is -2.15. The van der Waals surface area contributed by atoms with Gasteiger partial charge in [0.1, 0.15) is 11.9 Å². The number of carbonyl (C=O) groups is 4. The fourth-order valence-electron chi connectivity index (χ4n) is 4.16. The normalized spacial score (nSPS) is 11.5. The third-order valence-electron chi connectivity index (χ3n) is 6.12. The fraction of sp³-hybridized carbons (Fsp3) is 0.379. The first kappa shape index (κ1) is 30.0. The van der Waals surface area contributed by atoms with E-state index in [-0.39, 0.29) is 36.9 Å². The van der Waals surface area contributed by atoms with Crippen molar-refractivity contribution in [3.63, 3.8) is 0 Å². The molecule has 0 saturated heterocycles. The second-order valence-corrected chi connectivity index (χ2v) is 9.25. The van der Waals surface area contributed by atoms with Gasteiger partial charge in [-0.15, -0.1) is 5.10 Å². The van der Waals surface area contributed by atoms with Gasteiger partial charge in [-0.3, -0.25) is 14.9 Å². The van der Waals surface area contributed by atoms with Gasteiger partial charge in [-0.1, -0.05) is 55.8 Å². The molecule has 1 aromatic heterocycles. The first-order valence-electron chi connectivity index (χ1n) is 13.3. The van der Waals surface area contributed by atoms with E-state index in [1.54, 1.807) is 35.9 Å². The van der Waals surface area contributed by atoms with Crippen molar-refractivity contribution in [2.75, 3.05) is 11.9 Å². The predicted molar refractivity (Wildman–Crippen MR) is 149 cm³/mol. The van der Waals surface area contributed by atoms with Crippen LogP contribution >= 0.6 is 0 Å². The zero-order valence-corrected chi connectivity index (χ0v) is 23.0. The van der Waals surface area contributed by atoms with Gasteiger partial charge < -0.3 is 15.2 Å². The molecule has 0 saturated carbocycles. The molecule has 1 unspecified atom stereocenters. The van der Waals surface area contributed by atoms with Crippen molar-refractivity contribution in [2.24, 2.45) is 0 Å². The van der Waals surface area contributed by atoms with Crippen LogP contribution in [0.15, 0.2) is 48.5 Å². The summed E-state index contributed by atoms with van der Waals surface area (Å²) in [6.45, 7) is 5.62. The van der Waals surface area contributed by atoms with Crippen LogP contribution in [0.1, 0.15) is 68.2 Å². The monoisotopic (exact) mass is 549 g/mol. The highest BCUT2D eigenvalue weighted by molar-refractivity contribution is 5.96. The second kappa shape index (κ2) is 14.6. The van der Waals surface area contributed by atoms with Crippen molar-refractivity contribution in [3.05, 3.63) is 65.5 Å². The number of aromatic nitrogens is 3. The van der Waals surface area contributed by atoms with Crippen molar-refractivity contribution in [2.45, 2.75) is 65.5 Å². The molecule has 11 heteroatoms. The van der Waals surface area contributed by atoms with E-state index in [0.29, 0.717) is 18.5 Å². The number of aryl methyl sites for hydroxylation is 1. The number of unbranched alkanes of at least 4 members (excludes halogenated alkanes) is 1. The van der Waals surface area contributed by atoms with Gasteiger partial charge in [0.15, 0.2) is 0 Å². The van der Waals surface area contributed by atoms with E-state index in [9.17, 15) is 24.3 Å². The van der Waals surface area contributed by atoms with Crippen molar-refractivity contribution < 1.29 is 29.0 Å². The number of hydrogen-bond acceptors (Lipinski definition) is 7. The number of benzene rings is 2. The number of carbonyl (C=O) groups excluding carboxylic acids is 3. The van der Waals surface area contributed by atoms with Crippen LogP contribution < -0.4 is 10.6 Å². The maximum atomic E-state index is 12.6. The van der Waals surface area contributed by atoms with Crippen LogP contribution in [-0.2, 0) is 32.1 Å². The largest absolute Gasteiger partial charge is 0.478 e.